The van der Waals surface area contributed by atoms with E-state index < -0.39 is 0 Å². The standard InChI is InChI=1S/C18H24N4.2CH2O/c1-13(19)3-4-14(2)21-16-9-11-18(12-10-16)22-17-7-5-15(20)6-8-17;2*1-2/h3-5,7,9,11,21-22H,1-2,6,8,10,12,19-20H2;2*1H2/b4-3-;;. The third-order valence-electron chi connectivity index (χ3n) is 3.47. The van der Waals surface area contributed by atoms with Crippen LogP contribution in [0.4, 0.5) is 0 Å². The molecule has 0 atom stereocenters. The van der Waals surface area contributed by atoms with Crippen molar-refractivity contribution < 1.29 is 9.59 Å². The molecule has 26 heavy (non-hydrogen) atoms. The molecule has 6 nitrogen and oxygen atoms in total. The number of carbonyl (C=O) groups excluding carboxylic acids is 2. The fourth-order valence-electron chi connectivity index (χ4n) is 2.26. The van der Waals surface area contributed by atoms with Gasteiger partial charge >= 0.3 is 0 Å². The average Bonchev–Trinajstić information content (AvgIpc) is 2.67. The maximum Gasteiger partial charge on any atom is 0.106 e. The Hall–Kier alpha value is -3.28. The Kier molecular flexibility index (Phi) is 11.4. The lowest BCUT2D eigenvalue weighted by Crippen LogP contribution is -2.19. The second-order valence-corrected chi connectivity index (χ2v) is 5.50. The Morgan fingerprint density at radius 1 is 0.846 bits per heavy atom. The number of hydrogen-bond acceptors (Lipinski definition) is 6. The number of carbonyl (C=O) groups is 2. The number of rotatable bonds is 6. The molecule has 0 amide bonds. The molecule has 0 aromatic rings. The van der Waals surface area contributed by atoms with E-state index in [1.54, 1.807) is 6.08 Å². The first-order valence-electron chi connectivity index (χ1n) is 8.01. The SMILES string of the molecule is C=C(N)/C=C\C(=C)NC1=CC=C(NC2=CC=C(N)CC2)CC1.C=O.C=O. The Morgan fingerprint density at radius 2 is 1.35 bits per heavy atom. The van der Waals surface area contributed by atoms with Gasteiger partial charge in [0.1, 0.15) is 13.6 Å². The molecule has 2 aliphatic carbocycles. The summed E-state index contributed by atoms with van der Waals surface area (Å²) in [6.45, 7) is 11.6. The largest absolute Gasteiger partial charge is 0.402 e. The first-order chi connectivity index (χ1) is 12.5. The van der Waals surface area contributed by atoms with Crippen LogP contribution in [0.2, 0.25) is 0 Å². The molecule has 2 rings (SSSR count). The number of nitrogens with two attached hydrogens (primary N) is 2. The first-order valence-corrected chi connectivity index (χ1v) is 8.01. The van der Waals surface area contributed by atoms with E-state index in [4.69, 9.17) is 21.1 Å². The van der Waals surface area contributed by atoms with Gasteiger partial charge in [0, 0.05) is 34.2 Å². The highest BCUT2D eigenvalue weighted by molar-refractivity contribution is 5.31. The summed E-state index contributed by atoms with van der Waals surface area (Å²) in [5.74, 6) is 0. The van der Waals surface area contributed by atoms with Crippen LogP contribution in [0.25, 0.3) is 0 Å². The fraction of sp³-hybridized carbons (Fsp3) is 0.200. The molecule has 0 spiro atoms. The molecular formula is C20H28N4O2. The minimum Gasteiger partial charge on any atom is -0.402 e. The lowest BCUT2D eigenvalue weighted by atomic mass is 10.0. The van der Waals surface area contributed by atoms with Crippen LogP contribution in [-0.4, -0.2) is 13.6 Å². The molecule has 0 aromatic heterocycles. The van der Waals surface area contributed by atoms with E-state index in [0.29, 0.717) is 5.70 Å². The van der Waals surface area contributed by atoms with E-state index in [1.165, 1.54) is 11.4 Å². The summed E-state index contributed by atoms with van der Waals surface area (Å²) >= 11 is 0. The smallest absolute Gasteiger partial charge is 0.106 e. The van der Waals surface area contributed by atoms with Crippen LogP contribution in [0, 0.1) is 0 Å². The van der Waals surface area contributed by atoms with Gasteiger partial charge in [-0.3, -0.25) is 0 Å². The van der Waals surface area contributed by atoms with E-state index in [0.717, 1.165) is 42.8 Å². The summed E-state index contributed by atoms with van der Waals surface area (Å²) in [6.07, 6.45) is 15.6. The van der Waals surface area contributed by atoms with Gasteiger partial charge in [0.05, 0.1) is 0 Å². The number of allylic oxidation sites excluding steroid dienone is 10. The van der Waals surface area contributed by atoms with E-state index in [-0.39, 0.29) is 0 Å². The summed E-state index contributed by atoms with van der Waals surface area (Å²) in [7, 11) is 0. The lowest BCUT2D eigenvalue weighted by molar-refractivity contribution is -0.0987. The van der Waals surface area contributed by atoms with Crippen LogP contribution in [0.5, 0.6) is 0 Å². The highest BCUT2D eigenvalue weighted by Gasteiger charge is 2.09. The third-order valence-corrected chi connectivity index (χ3v) is 3.47. The highest BCUT2D eigenvalue weighted by Crippen LogP contribution is 2.19. The van der Waals surface area contributed by atoms with Crippen molar-refractivity contribution in [2.75, 3.05) is 0 Å². The minimum absolute atomic E-state index is 0.516. The molecule has 0 saturated carbocycles. The Balaban J connectivity index is 0.00000146. The van der Waals surface area contributed by atoms with E-state index in [9.17, 15) is 0 Å². The van der Waals surface area contributed by atoms with Crippen molar-refractivity contribution in [2.45, 2.75) is 25.7 Å². The van der Waals surface area contributed by atoms with Gasteiger partial charge in [-0.1, -0.05) is 13.2 Å². The molecule has 0 aliphatic heterocycles. The van der Waals surface area contributed by atoms with Crippen LogP contribution in [-0.2, 0) is 9.59 Å². The monoisotopic (exact) mass is 356 g/mol. The second-order valence-electron chi connectivity index (χ2n) is 5.50. The maximum absolute atomic E-state index is 8.00. The molecule has 0 bridgehead atoms. The third kappa shape index (κ3) is 9.12. The van der Waals surface area contributed by atoms with Gasteiger partial charge in [0.25, 0.3) is 0 Å². The van der Waals surface area contributed by atoms with Crippen molar-refractivity contribution in [3.63, 3.8) is 0 Å². The van der Waals surface area contributed by atoms with Crippen LogP contribution in [0.3, 0.4) is 0 Å². The first kappa shape index (κ1) is 22.7. The molecule has 0 unspecified atom stereocenters. The van der Waals surface area contributed by atoms with E-state index in [1.807, 2.05) is 25.7 Å². The predicted molar refractivity (Wildman–Crippen MR) is 107 cm³/mol. The molecule has 6 heteroatoms. The highest BCUT2D eigenvalue weighted by atomic mass is 16.1. The summed E-state index contributed by atoms with van der Waals surface area (Å²) in [5.41, 5.74) is 17.1. The normalized spacial score (nSPS) is 15.5. The van der Waals surface area contributed by atoms with Crippen LogP contribution < -0.4 is 22.1 Å². The van der Waals surface area contributed by atoms with Crippen molar-refractivity contribution in [1.82, 2.24) is 10.6 Å². The topological polar surface area (TPSA) is 110 Å². The molecule has 140 valence electrons. The van der Waals surface area contributed by atoms with Crippen molar-refractivity contribution >= 4 is 13.6 Å². The van der Waals surface area contributed by atoms with Gasteiger partial charge in [-0.05, 0) is 62.1 Å². The summed E-state index contributed by atoms with van der Waals surface area (Å²) < 4.78 is 0. The lowest BCUT2D eigenvalue weighted by Gasteiger charge is -2.20. The number of nitrogens with one attached hydrogen (secondary N) is 2. The van der Waals surface area contributed by atoms with Gasteiger partial charge < -0.3 is 31.7 Å². The Bertz CT molecular complexity index is 653. The second kappa shape index (κ2) is 13.1. The molecule has 0 aromatic carbocycles. The summed E-state index contributed by atoms with van der Waals surface area (Å²) in [6, 6.07) is 0. The van der Waals surface area contributed by atoms with Gasteiger partial charge in [0.2, 0.25) is 0 Å². The van der Waals surface area contributed by atoms with Crippen molar-refractivity contribution in [3.05, 3.63) is 83.8 Å². The Morgan fingerprint density at radius 3 is 1.81 bits per heavy atom. The van der Waals surface area contributed by atoms with Crippen molar-refractivity contribution in [2.24, 2.45) is 11.5 Å². The van der Waals surface area contributed by atoms with Gasteiger partial charge in [-0.25, -0.2) is 0 Å². The average molecular weight is 356 g/mol. The predicted octanol–water partition coefficient (Wildman–Crippen LogP) is 2.42. The van der Waals surface area contributed by atoms with Crippen LogP contribution >= 0.6 is 0 Å². The van der Waals surface area contributed by atoms with Crippen molar-refractivity contribution in [1.29, 1.82) is 0 Å². The molecule has 0 heterocycles. The fourth-order valence-corrected chi connectivity index (χ4v) is 2.26. The summed E-state index contributed by atoms with van der Waals surface area (Å²) in [4.78, 5) is 16.0. The molecular weight excluding hydrogens is 328 g/mol. The quantitative estimate of drug-likeness (QED) is 0.544. The minimum atomic E-state index is 0.516. The zero-order chi connectivity index (χ0) is 19.9. The van der Waals surface area contributed by atoms with Gasteiger partial charge in [-0.15, -0.1) is 0 Å². The zero-order valence-electron chi connectivity index (χ0n) is 15.1. The molecule has 6 N–H and O–H groups in total. The maximum atomic E-state index is 8.00. The summed E-state index contributed by atoms with van der Waals surface area (Å²) in [5, 5.41) is 6.75. The molecule has 0 fully saturated rings. The zero-order valence-corrected chi connectivity index (χ0v) is 15.1. The van der Waals surface area contributed by atoms with E-state index in [2.05, 4.69) is 42.0 Å². The Labute approximate surface area is 155 Å². The van der Waals surface area contributed by atoms with Crippen LogP contribution in [0.15, 0.2) is 83.8 Å². The van der Waals surface area contributed by atoms with Gasteiger partial charge in [-0.2, -0.15) is 0 Å². The van der Waals surface area contributed by atoms with E-state index >= 15 is 0 Å². The molecule has 0 saturated heterocycles. The van der Waals surface area contributed by atoms with Crippen molar-refractivity contribution in [3.8, 4) is 0 Å². The molecule has 2 aliphatic rings. The molecule has 0 radical (unpaired) electrons. The van der Waals surface area contributed by atoms with Crippen LogP contribution in [0.1, 0.15) is 25.7 Å². The number of hydrogen-bond donors (Lipinski definition) is 4. The van der Waals surface area contributed by atoms with Gasteiger partial charge in [0.15, 0.2) is 0 Å².